The van der Waals surface area contributed by atoms with E-state index in [1.807, 2.05) is 39.1 Å². The maximum Gasteiger partial charge on any atom is 0.279 e. The van der Waals surface area contributed by atoms with E-state index in [1.54, 1.807) is 11.3 Å². The first-order chi connectivity index (χ1) is 9.92. The number of likely N-dealkylation sites (N-methyl/N-ethyl adjacent to an activating group) is 1. The summed E-state index contributed by atoms with van der Waals surface area (Å²) in [5.74, 6) is 0.0492. The lowest BCUT2D eigenvalue weighted by Gasteiger charge is -2.13. The minimum absolute atomic E-state index is 0.0492. The van der Waals surface area contributed by atoms with Gasteiger partial charge in [0.25, 0.3) is 5.91 Å². The highest BCUT2D eigenvalue weighted by molar-refractivity contribution is 9.11. The second kappa shape index (κ2) is 7.20. The Kier molecular flexibility index (Phi) is 5.56. The number of anilines is 1. The summed E-state index contributed by atoms with van der Waals surface area (Å²) in [7, 11) is 2.04. The van der Waals surface area contributed by atoms with Gasteiger partial charge in [-0.15, -0.1) is 11.3 Å². The second-order valence-electron chi connectivity index (χ2n) is 5.44. The molecule has 0 aliphatic carbocycles. The summed E-state index contributed by atoms with van der Waals surface area (Å²) >= 11 is 5.18. The van der Waals surface area contributed by atoms with Crippen molar-refractivity contribution < 1.29 is 9.69 Å². The highest BCUT2D eigenvalue weighted by Crippen LogP contribution is 2.21. The number of benzene rings is 1. The molecule has 2 rings (SSSR count). The highest BCUT2D eigenvalue weighted by Gasteiger charge is 2.12. The summed E-state index contributed by atoms with van der Waals surface area (Å²) in [5, 5.41) is 2.98. The van der Waals surface area contributed by atoms with E-state index in [0.717, 1.165) is 27.1 Å². The molecule has 0 aliphatic rings. The Balaban J connectivity index is 1.88. The van der Waals surface area contributed by atoms with Crippen molar-refractivity contribution >= 4 is 38.9 Å². The Labute approximate surface area is 138 Å². The molecule has 0 saturated heterocycles. The molecule has 21 heavy (non-hydrogen) atoms. The number of aryl methyl sites for hydroxylation is 2. The second-order valence-corrected chi connectivity index (χ2v) is 7.99. The molecule has 1 atom stereocenters. The number of thiophene rings is 1. The van der Waals surface area contributed by atoms with Crippen molar-refractivity contribution in [2.75, 3.05) is 18.9 Å². The number of carbonyl (C=O) groups excluding carboxylic acids is 1. The van der Waals surface area contributed by atoms with Gasteiger partial charge in [0.05, 0.1) is 15.7 Å². The summed E-state index contributed by atoms with van der Waals surface area (Å²) in [5.41, 5.74) is 3.20. The van der Waals surface area contributed by atoms with Crippen LogP contribution in [0.1, 0.15) is 16.0 Å². The third kappa shape index (κ3) is 5.26. The zero-order valence-electron chi connectivity index (χ0n) is 12.5. The van der Waals surface area contributed by atoms with Crippen LogP contribution in [0, 0.1) is 13.8 Å². The van der Waals surface area contributed by atoms with Crippen LogP contribution in [0.2, 0.25) is 0 Å². The van der Waals surface area contributed by atoms with Gasteiger partial charge in [0.1, 0.15) is 6.54 Å². The molecule has 0 bridgehead atoms. The molecule has 1 aromatic heterocycles. The van der Waals surface area contributed by atoms with Crippen LogP contribution in [0.25, 0.3) is 0 Å². The van der Waals surface area contributed by atoms with Gasteiger partial charge in [-0.05, 0) is 65.2 Å². The summed E-state index contributed by atoms with van der Waals surface area (Å²) in [4.78, 5) is 14.6. The lowest BCUT2D eigenvalue weighted by Crippen LogP contribution is -3.08. The molecule has 0 saturated carbocycles. The Hall–Kier alpha value is -1.17. The van der Waals surface area contributed by atoms with Gasteiger partial charge in [0.15, 0.2) is 6.54 Å². The first kappa shape index (κ1) is 16.2. The summed E-state index contributed by atoms with van der Waals surface area (Å²) in [6.07, 6.45) is 0. The lowest BCUT2D eigenvalue weighted by atomic mass is 10.1. The van der Waals surface area contributed by atoms with E-state index in [0.29, 0.717) is 6.54 Å². The average molecular weight is 368 g/mol. The molecule has 0 spiro atoms. The molecule has 1 aromatic carbocycles. The maximum absolute atomic E-state index is 12.1. The zero-order valence-corrected chi connectivity index (χ0v) is 14.9. The number of amides is 1. The highest BCUT2D eigenvalue weighted by atomic mass is 79.9. The summed E-state index contributed by atoms with van der Waals surface area (Å²) in [6.45, 7) is 5.39. The smallest absolute Gasteiger partial charge is 0.279 e. The molecule has 3 nitrogen and oxygen atoms in total. The van der Waals surface area contributed by atoms with Crippen LogP contribution in [0.4, 0.5) is 5.69 Å². The quantitative estimate of drug-likeness (QED) is 0.836. The van der Waals surface area contributed by atoms with Crippen LogP contribution in [0.15, 0.2) is 34.1 Å². The number of rotatable bonds is 5. The van der Waals surface area contributed by atoms with Gasteiger partial charge in [-0.1, -0.05) is 6.07 Å². The van der Waals surface area contributed by atoms with Crippen molar-refractivity contribution in [2.24, 2.45) is 0 Å². The molecule has 1 amide bonds. The lowest BCUT2D eigenvalue weighted by molar-refractivity contribution is -0.884. The van der Waals surface area contributed by atoms with E-state index >= 15 is 0 Å². The normalized spacial score (nSPS) is 12.2. The molecule has 0 aliphatic heterocycles. The molecule has 0 fully saturated rings. The molecule has 2 N–H and O–H groups in total. The topological polar surface area (TPSA) is 33.5 Å². The van der Waals surface area contributed by atoms with E-state index in [4.69, 9.17) is 0 Å². The van der Waals surface area contributed by atoms with Crippen LogP contribution >= 0.6 is 27.3 Å². The van der Waals surface area contributed by atoms with Crippen molar-refractivity contribution in [3.05, 3.63) is 50.1 Å². The van der Waals surface area contributed by atoms with Gasteiger partial charge in [-0.3, -0.25) is 4.79 Å². The summed E-state index contributed by atoms with van der Waals surface area (Å²) in [6, 6.07) is 10.2. The van der Waals surface area contributed by atoms with Gasteiger partial charge in [0.2, 0.25) is 0 Å². The monoisotopic (exact) mass is 367 g/mol. The predicted molar refractivity (Wildman–Crippen MR) is 92.0 cm³/mol. The van der Waals surface area contributed by atoms with Crippen molar-refractivity contribution in [3.8, 4) is 0 Å². The first-order valence-electron chi connectivity index (χ1n) is 6.86. The van der Waals surface area contributed by atoms with Crippen molar-refractivity contribution in [3.63, 3.8) is 0 Å². The van der Waals surface area contributed by atoms with Crippen LogP contribution in [-0.2, 0) is 11.3 Å². The first-order valence-corrected chi connectivity index (χ1v) is 8.47. The van der Waals surface area contributed by atoms with Crippen molar-refractivity contribution in [1.29, 1.82) is 0 Å². The third-order valence-electron chi connectivity index (χ3n) is 3.07. The van der Waals surface area contributed by atoms with E-state index in [2.05, 4.69) is 33.4 Å². The fourth-order valence-electron chi connectivity index (χ4n) is 2.33. The SMILES string of the molecule is Cc1cc(C)cc(NC(=O)C[NH+](C)Cc2ccc(Br)s2)c1. The van der Waals surface area contributed by atoms with Crippen molar-refractivity contribution in [2.45, 2.75) is 20.4 Å². The predicted octanol–water partition coefficient (Wildman–Crippen LogP) is 2.78. The summed E-state index contributed by atoms with van der Waals surface area (Å²) < 4.78 is 1.13. The van der Waals surface area contributed by atoms with Gasteiger partial charge >= 0.3 is 0 Å². The fraction of sp³-hybridized carbons (Fsp3) is 0.312. The molecule has 1 unspecified atom stereocenters. The van der Waals surface area contributed by atoms with Gasteiger partial charge in [0, 0.05) is 5.69 Å². The van der Waals surface area contributed by atoms with E-state index in [9.17, 15) is 4.79 Å². The molecule has 1 heterocycles. The minimum atomic E-state index is 0.0492. The maximum atomic E-state index is 12.1. The van der Waals surface area contributed by atoms with Gasteiger partial charge in [-0.2, -0.15) is 0 Å². The van der Waals surface area contributed by atoms with Crippen LogP contribution in [0.5, 0.6) is 0 Å². The van der Waals surface area contributed by atoms with E-state index in [-0.39, 0.29) is 5.91 Å². The number of hydrogen-bond acceptors (Lipinski definition) is 2. The number of halogens is 1. The Bertz CT molecular complexity index is 619. The van der Waals surface area contributed by atoms with Crippen LogP contribution in [-0.4, -0.2) is 19.5 Å². The molecule has 0 radical (unpaired) electrons. The van der Waals surface area contributed by atoms with Gasteiger partial charge < -0.3 is 10.2 Å². The van der Waals surface area contributed by atoms with Crippen LogP contribution in [0.3, 0.4) is 0 Å². The van der Waals surface area contributed by atoms with E-state index in [1.165, 1.54) is 9.78 Å². The molecular weight excluding hydrogens is 348 g/mol. The number of hydrogen-bond donors (Lipinski definition) is 2. The number of quaternary nitrogens is 1. The van der Waals surface area contributed by atoms with Crippen LogP contribution < -0.4 is 10.2 Å². The Morgan fingerprint density at radius 1 is 1.24 bits per heavy atom. The zero-order chi connectivity index (χ0) is 15.4. The number of carbonyl (C=O) groups is 1. The molecule has 2 aromatic rings. The third-order valence-corrected chi connectivity index (χ3v) is 4.70. The fourth-order valence-corrected chi connectivity index (χ4v) is 3.93. The van der Waals surface area contributed by atoms with Gasteiger partial charge in [-0.25, -0.2) is 0 Å². The Morgan fingerprint density at radius 2 is 1.90 bits per heavy atom. The average Bonchev–Trinajstić information content (AvgIpc) is 2.72. The van der Waals surface area contributed by atoms with Crippen molar-refractivity contribution in [1.82, 2.24) is 0 Å². The number of nitrogens with one attached hydrogen (secondary N) is 2. The molecular formula is C16H20BrN2OS+. The molecule has 5 heteroatoms. The largest absolute Gasteiger partial charge is 0.325 e. The minimum Gasteiger partial charge on any atom is -0.325 e. The van der Waals surface area contributed by atoms with E-state index < -0.39 is 0 Å². The Morgan fingerprint density at radius 3 is 2.48 bits per heavy atom. The molecule has 112 valence electrons. The standard InChI is InChI=1S/C16H19BrN2OS/c1-11-6-12(2)8-13(7-11)18-16(20)10-19(3)9-14-4-5-15(17)21-14/h4-8H,9-10H2,1-3H3,(H,18,20)/p+1.